The summed E-state index contributed by atoms with van der Waals surface area (Å²) >= 11 is 0. The fourth-order valence-electron chi connectivity index (χ4n) is 3.88. The van der Waals surface area contributed by atoms with Crippen LogP contribution in [0, 0.1) is 0 Å². The highest BCUT2D eigenvalue weighted by Gasteiger charge is 2.27. The summed E-state index contributed by atoms with van der Waals surface area (Å²) in [6, 6.07) is 15.4. The summed E-state index contributed by atoms with van der Waals surface area (Å²) in [5.74, 6) is -1.21. The van der Waals surface area contributed by atoms with Gasteiger partial charge in [0, 0.05) is 31.9 Å². The predicted octanol–water partition coefficient (Wildman–Crippen LogP) is 1.50. The molecule has 37 heavy (non-hydrogen) atoms. The quantitative estimate of drug-likeness (QED) is 0.275. The molecule has 0 saturated heterocycles. The Kier molecular flexibility index (Phi) is 11.7. The van der Waals surface area contributed by atoms with E-state index in [9.17, 15) is 14.4 Å². The predicted molar refractivity (Wildman–Crippen MR) is 148 cm³/mol. The Hall–Kier alpha value is -3.27. The van der Waals surface area contributed by atoms with Crippen molar-refractivity contribution in [2.45, 2.75) is 57.5 Å². The third-order valence-electron chi connectivity index (χ3n) is 6.08. The summed E-state index contributed by atoms with van der Waals surface area (Å²) in [5, 5.41) is 5.69. The molecule has 0 saturated carbocycles. The van der Waals surface area contributed by atoms with Crippen LogP contribution in [0.5, 0.6) is 0 Å². The Morgan fingerprint density at radius 3 is 2.16 bits per heavy atom. The van der Waals surface area contributed by atoms with Crippen molar-refractivity contribution >= 4 is 23.4 Å². The summed E-state index contributed by atoms with van der Waals surface area (Å²) in [5.41, 5.74) is 19.9. The van der Waals surface area contributed by atoms with Gasteiger partial charge in [0.1, 0.15) is 6.04 Å². The van der Waals surface area contributed by atoms with Crippen LogP contribution in [0.25, 0.3) is 0 Å². The maximum absolute atomic E-state index is 13.3. The molecule has 202 valence electrons. The van der Waals surface area contributed by atoms with Gasteiger partial charge in [-0.05, 0) is 41.5 Å². The Balaban J connectivity index is 2.13. The van der Waals surface area contributed by atoms with Gasteiger partial charge in [-0.3, -0.25) is 14.4 Å². The first-order valence-electron chi connectivity index (χ1n) is 12.7. The highest BCUT2D eigenvalue weighted by Crippen LogP contribution is 2.24. The monoisotopic (exact) mass is 510 g/mol. The molecule has 0 fully saturated rings. The highest BCUT2D eigenvalue weighted by atomic mass is 16.2. The van der Waals surface area contributed by atoms with Gasteiger partial charge < -0.3 is 32.7 Å². The Morgan fingerprint density at radius 2 is 1.57 bits per heavy atom. The van der Waals surface area contributed by atoms with Crippen LogP contribution in [0.15, 0.2) is 54.6 Å². The number of benzene rings is 2. The molecule has 2 aromatic rings. The average molecular weight is 511 g/mol. The third-order valence-corrected chi connectivity index (χ3v) is 6.08. The van der Waals surface area contributed by atoms with E-state index >= 15 is 0 Å². The van der Waals surface area contributed by atoms with E-state index in [1.54, 1.807) is 0 Å². The van der Waals surface area contributed by atoms with Crippen LogP contribution in [-0.2, 0) is 26.2 Å². The normalized spacial score (nSPS) is 12.9. The number of hydrogen-bond donors (Lipinski definition) is 5. The fraction of sp³-hybridized carbons (Fsp3) is 0.464. The first kappa shape index (κ1) is 30.0. The van der Waals surface area contributed by atoms with Gasteiger partial charge >= 0.3 is 0 Å². The molecule has 8 N–H and O–H groups in total. The van der Waals surface area contributed by atoms with Gasteiger partial charge in [-0.15, -0.1) is 0 Å². The number of aryl methyl sites for hydroxylation is 1. The molecule has 0 aliphatic rings. The minimum atomic E-state index is -1.11. The van der Waals surface area contributed by atoms with E-state index in [1.165, 1.54) is 4.90 Å². The Labute approximate surface area is 220 Å². The molecule has 2 atom stereocenters. The minimum Gasteiger partial charge on any atom is -0.343 e. The number of hydrogen-bond acceptors (Lipinski definition) is 6. The number of nitrogens with zero attached hydrogens (tertiary/aromatic N) is 1. The van der Waals surface area contributed by atoms with Crippen LogP contribution in [0.2, 0.25) is 0 Å². The van der Waals surface area contributed by atoms with Crippen molar-refractivity contribution in [1.82, 2.24) is 10.2 Å². The van der Waals surface area contributed by atoms with Gasteiger partial charge in [-0.2, -0.15) is 0 Å². The molecule has 0 heterocycles. The van der Waals surface area contributed by atoms with Gasteiger partial charge in [0.15, 0.2) is 0 Å². The van der Waals surface area contributed by atoms with E-state index in [2.05, 4.69) is 31.4 Å². The van der Waals surface area contributed by atoms with Crippen LogP contribution >= 0.6 is 0 Å². The maximum atomic E-state index is 13.3. The molecular formula is C28H42N6O3. The van der Waals surface area contributed by atoms with Crippen LogP contribution in [0.1, 0.15) is 44.7 Å². The lowest BCUT2D eigenvalue weighted by atomic mass is 9.87. The average Bonchev–Trinajstić information content (AvgIpc) is 2.86. The van der Waals surface area contributed by atoms with Crippen molar-refractivity contribution in [3.05, 3.63) is 65.7 Å². The van der Waals surface area contributed by atoms with Crippen LogP contribution < -0.4 is 27.8 Å². The van der Waals surface area contributed by atoms with E-state index in [1.807, 2.05) is 54.6 Å². The number of nitrogens with one attached hydrogen (secondary N) is 2. The summed E-state index contributed by atoms with van der Waals surface area (Å²) < 4.78 is 0. The molecule has 9 heteroatoms. The van der Waals surface area contributed by atoms with Crippen LogP contribution in [0.3, 0.4) is 0 Å². The maximum Gasteiger partial charge on any atom is 0.246 e. The number of rotatable bonds is 13. The molecule has 2 aromatic carbocycles. The fourth-order valence-corrected chi connectivity index (χ4v) is 3.88. The molecule has 0 radical (unpaired) electrons. The van der Waals surface area contributed by atoms with Crippen molar-refractivity contribution in [2.24, 2.45) is 17.2 Å². The molecule has 0 spiro atoms. The molecular weight excluding hydrogens is 468 g/mol. The van der Waals surface area contributed by atoms with Gasteiger partial charge in [0.25, 0.3) is 0 Å². The summed E-state index contributed by atoms with van der Waals surface area (Å²) in [6.45, 7) is 7.53. The lowest BCUT2D eigenvalue weighted by Gasteiger charge is -2.24. The van der Waals surface area contributed by atoms with Crippen LogP contribution in [-0.4, -0.2) is 60.9 Å². The molecule has 0 aromatic heterocycles. The van der Waals surface area contributed by atoms with Crippen LogP contribution in [0.4, 0.5) is 5.69 Å². The van der Waals surface area contributed by atoms with E-state index in [0.29, 0.717) is 31.6 Å². The largest absolute Gasteiger partial charge is 0.343 e. The van der Waals surface area contributed by atoms with Crippen molar-refractivity contribution in [2.75, 3.05) is 31.5 Å². The van der Waals surface area contributed by atoms with E-state index < -0.39 is 18.0 Å². The first-order chi connectivity index (χ1) is 17.5. The second kappa shape index (κ2) is 14.5. The zero-order chi connectivity index (χ0) is 27.4. The molecule has 9 nitrogen and oxygen atoms in total. The van der Waals surface area contributed by atoms with Gasteiger partial charge in [-0.1, -0.05) is 63.2 Å². The second-order valence-electron chi connectivity index (χ2n) is 10.2. The summed E-state index contributed by atoms with van der Waals surface area (Å²) in [7, 11) is 0. The van der Waals surface area contributed by atoms with E-state index in [-0.39, 0.29) is 36.7 Å². The van der Waals surface area contributed by atoms with Crippen molar-refractivity contribution in [3.8, 4) is 0 Å². The lowest BCUT2D eigenvalue weighted by Crippen LogP contribution is -2.52. The van der Waals surface area contributed by atoms with Crippen molar-refractivity contribution < 1.29 is 14.4 Å². The summed E-state index contributed by atoms with van der Waals surface area (Å²) in [4.78, 5) is 40.3. The first-order valence-corrected chi connectivity index (χ1v) is 12.7. The van der Waals surface area contributed by atoms with E-state index in [4.69, 9.17) is 17.2 Å². The number of amides is 3. The Bertz CT molecular complexity index is 1020. The minimum absolute atomic E-state index is 0.0807. The topological polar surface area (TPSA) is 157 Å². The highest BCUT2D eigenvalue weighted by molar-refractivity contribution is 5.98. The number of carbonyl (C=O) groups excluding carboxylic acids is 3. The lowest BCUT2D eigenvalue weighted by molar-refractivity contribution is -0.134. The molecule has 0 aliphatic carbocycles. The second-order valence-corrected chi connectivity index (χ2v) is 10.2. The molecule has 0 bridgehead atoms. The Morgan fingerprint density at radius 1 is 0.919 bits per heavy atom. The van der Waals surface area contributed by atoms with Crippen molar-refractivity contribution in [1.29, 1.82) is 0 Å². The van der Waals surface area contributed by atoms with Gasteiger partial charge in [-0.25, -0.2) is 0 Å². The third kappa shape index (κ3) is 9.95. The van der Waals surface area contributed by atoms with Gasteiger partial charge in [0.2, 0.25) is 17.7 Å². The molecule has 2 rings (SSSR count). The van der Waals surface area contributed by atoms with Crippen molar-refractivity contribution in [3.63, 3.8) is 0 Å². The van der Waals surface area contributed by atoms with E-state index in [0.717, 1.165) is 11.1 Å². The SMILES string of the molecule is CC(C)(C)c1cccc(NC(=O)C(CCc2ccccc2)NC(=O)C(N)CC(=O)N(CCN)CCN)c1. The molecule has 3 amide bonds. The summed E-state index contributed by atoms with van der Waals surface area (Å²) in [6.07, 6.45) is 0.746. The molecule has 0 aliphatic heterocycles. The smallest absolute Gasteiger partial charge is 0.246 e. The molecule has 2 unspecified atom stereocenters. The van der Waals surface area contributed by atoms with Gasteiger partial charge in [0.05, 0.1) is 12.5 Å². The number of carbonyl (C=O) groups is 3. The zero-order valence-corrected chi connectivity index (χ0v) is 22.2. The standard InChI is InChI=1S/C28H42N6O3/c1-28(2,3)21-10-7-11-22(18-21)32-27(37)24(13-12-20-8-5-4-6-9-20)33-26(36)23(31)19-25(35)34(16-14-29)17-15-30/h4-11,18,23-24H,12-17,19,29-31H2,1-3H3,(H,32,37)(H,33,36). The number of nitrogens with two attached hydrogens (primary N) is 3. The zero-order valence-electron chi connectivity index (χ0n) is 22.2. The number of anilines is 1.